The van der Waals surface area contributed by atoms with Gasteiger partial charge in [0.1, 0.15) is 5.75 Å². The fourth-order valence-corrected chi connectivity index (χ4v) is 1.31. The number of carbonyl (C=O) groups excluding carboxylic acids is 1. The predicted octanol–water partition coefficient (Wildman–Crippen LogP) is 1.03. The molecule has 72 valence electrons. The van der Waals surface area contributed by atoms with Crippen LogP contribution >= 0.6 is 0 Å². The number of nitrogens with two attached hydrogens (primary N) is 1. The number of fused-ring (bicyclic) bond motifs is 1. The smallest absolute Gasteiger partial charge is 0.409 e. The third-order valence-electron chi connectivity index (χ3n) is 1.81. The van der Waals surface area contributed by atoms with E-state index in [1.165, 1.54) is 0 Å². The lowest BCUT2D eigenvalue weighted by atomic mass is 10.2. The fourth-order valence-electron chi connectivity index (χ4n) is 1.31. The molecule has 2 N–H and O–H groups in total. The van der Waals surface area contributed by atoms with Gasteiger partial charge in [0, 0.05) is 18.6 Å². The maximum absolute atomic E-state index is 10.5. The summed E-state index contributed by atoms with van der Waals surface area (Å²) in [5.41, 5.74) is 5.74. The molecule has 0 radical (unpaired) electrons. The Labute approximate surface area is 80.1 Å². The van der Waals surface area contributed by atoms with Crippen molar-refractivity contribution in [2.24, 2.45) is 12.8 Å². The largest absolute Gasteiger partial charge is 0.410 e. The Bertz CT molecular complexity index is 490. The minimum atomic E-state index is -0.812. The molecule has 1 heterocycles. The van der Waals surface area contributed by atoms with Crippen molar-refractivity contribution in [2.45, 2.75) is 0 Å². The van der Waals surface area contributed by atoms with Crippen LogP contribution in [-0.4, -0.2) is 15.9 Å². The zero-order chi connectivity index (χ0) is 10.1. The number of primary amides is 1. The molecule has 0 aliphatic carbocycles. The number of hydrogen-bond acceptors (Lipinski definition) is 3. The van der Waals surface area contributed by atoms with Gasteiger partial charge in [-0.1, -0.05) is 0 Å². The summed E-state index contributed by atoms with van der Waals surface area (Å²) in [5, 5.41) is 5.09. The number of benzene rings is 1. The van der Waals surface area contributed by atoms with E-state index in [2.05, 4.69) is 5.10 Å². The van der Waals surface area contributed by atoms with Crippen molar-refractivity contribution in [2.75, 3.05) is 0 Å². The highest BCUT2D eigenvalue weighted by atomic mass is 16.5. The van der Waals surface area contributed by atoms with Crippen LogP contribution in [-0.2, 0) is 7.05 Å². The predicted molar refractivity (Wildman–Crippen MR) is 50.9 cm³/mol. The SMILES string of the molecule is Cn1cc2cc(OC(N)=O)ccc2n1. The summed E-state index contributed by atoms with van der Waals surface area (Å²) in [4.78, 5) is 10.5. The second-order valence-electron chi connectivity index (χ2n) is 2.94. The quantitative estimate of drug-likeness (QED) is 0.731. The van der Waals surface area contributed by atoms with Gasteiger partial charge in [0.05, 0.1) is 5.52 Å². The number of rotatable bonds is 1. The topological polar surface area (TPSA) is 70.1 Å². The number of carbonyl (C=O) groups is 1. The van der Waals surface area contributed by atoms with Crippen molar-refractivity contribution in [1.82, 2.24) is 9.78 Å². The van der Waals surface area contributed by atoms with Crippen molar-refractivity contribution in [3.05, 3.63) is 24.4 Å². The van der Waals surface area contributed by atoms with Gasteiger partial charge in [0.25, 0.3) is 0 Å². The number of aromatic nitrogens is 2. The molecule has 0 fully saturated rings. The number of ether oxygens (including phenoxy) is 1. The highest BCUT2D eigenvalue weighted by molar-refractivity contribution is 5.80. The summed E-state index contributed by atoms with van der Waals surface area (Å²) in [7, 11) is 1.83. The van der Waals surface area contributed by atoms with E-state index < -0.39 is 6.09 Å². The van der Waals surface area contributed by atoms with Gasteiger partial charge in [-0.2, -0.15) is 5.10 Å². The van der Waals surface area contributed by atoms with E-state index in [4.69, 9.17) is 10.5 Å². The first-order chi connectivity index (χ1) is 6.65. The van der Waals surface area contributed by atoms with Crippen LogP contribution in [0.2, 0.25) is 0 Å². The van der Waals surface area contributed by atoms with Crippen LogP contribution in [0.4, 0.5) is 4.79 Å². The van der Waals surface area contributed by atoms with Crippen molar-refractivity contribution >= 4 is 17.0 Å². The molecule has 0 saturated heterocycles. The Hall–Kier alpha value is -2.04. The van der Waals surface area contributed by atoms with Crippen LogP contribution in [0.25, 0.3) is 10.9 Å². The molecule has 1 amide bonds. The molecule has 0 bridgehead atoms. The zero-order valence-corrected chi connectivity index (χ0v) is 7.60. The van der Waals surface area contributed by atoms with Crippen LogP contribution in [0.1, 0.15) is 0 Å². The highest BCUT2D eigenvalue weighted by Gasteiger charge is 2.02. The van der Waals surface area contributed by atoms with Gasteiger partial charge < -0.3 is 10.5 Å². The first kappa shape index (κ1) is 8.55. The van der Waals surface area contributed by atoms with Crippen LogP contribution in [0, 0.1) is 0 Å². The Balaban J connectivity index is 2.45. The summed E-state index contributed by atoms with van der Waals surface area (Å²) < 4.78 is 6.43. The van der Waals surface area contributed by atoms with Crippen LogP contribution in [0.3, 0.4) is 0 Å². The normalized spacial score (nSPS) is 10.4. The molecule has 2 rings (SSSR count). The minimum Gasteiger partial charge on any atom is -0.410 e. The summed E-state index contributed by atoms with van der Waals surface area (Å²) in [5.74, 6) is 0.429. The van der Waals surface area contributed by atoms with Crippen molar-refractivity contribution in [1.29, 1.82) is 0 Å². The van der Waals surface area contributed by atoms with E-state index in [0.717, 1.165) is 10.9 Å². The van der Waals surface area contributed by atoms with E-state index in [-0.39, 0.29) is 0 Å². The Morgan fingerprint density at radius 3 is 3.07 bits per heavy atom. The van der Waals surface area contributed by atoms with Gasteiger partial charge >= 0.3 is 6.09 Å². The third-order valence-corrected chi connectivity index (χ3v) is 1.81. The maximum atomic E-state index is 10.5. The van der Waals surface area contributed by atoms with Crippen LogP contribution in [0.5, 0.6) is 5.75 Å². The molecule has 14 heavy (non-hydrogen) atoms. The maximum Gasteiger partial charge on any atom is 0.409 e. The number of amides is 1. The standard InChI is InChI=1S/C9H9N3O2/c1-12-5-6-4-7(14-9(10)13)2-3-8(6)11-12/h2-5H,1H3,(H2,10,13). The Kier molecular flexibility index (Phi) is 1.85. The molecule has 5 heteroatoms. The van der Waals surface area contributed by atoms with Gasteiger partial charge in [0.2, 0.25) is 0 Å². The molecule has 5 nitrogen and oxygen atoms in total. The molecule has 0 atom stereocenters. The second kappa shape index (κ2) is 3.02. The summed E-state index contributed by atoms with van der Waals surface area (Å²) >= 11 is 0. The van der Waals surface area contributed by atoms with E-state index in [1.54, 1.807) is 22.9 Å². The first-order valence-corrected chi connectivity index (χ1v) is 4.06. The lowest BCUT2D eigenvalue weighted by Crippen LogP contribution is -2.16. The van der Waals surface area contributed by atoms with Gasteiger partial charge in [-0.3, -0.25) is 4.68 Å². The monoisotopic (exact) mass is 191 g/mol. The molecule has 0 saturated carbocycles. The van der Waals surface area contributed by atoms with Crippen LogP contribution in [0.15, 0.2) is 24.4 Å². The van der Waals surface area contributed by atoms with Gasteiger partial charge in [-0.05, 0) is 18.2 Å². The molecule has 0 spiro atoms. The minimum absolute atomic E-state index is 0.429. The molecule has 0 unspecified atom stereocenters. The molecular formula is C9H9N3O2. The van der Waals surface area contributed by atoms with Gasteiger partial charge in [0.15, 0.2) is 0 Å². The number of nitrogens with zero attached hydrogens (tertiary/aromatic N) is 2. The molecule has 0 aliphatic heterocycles. The Morgan fingerprint density at radius 1 is 1.57 bits per heavy atom. The molecule has 0 aliphatic rings. The average Bonchev–Trinajstić information content (AvgIpc) is 2.42. The average molecular weight is 191 g/mol. The van der Waals surface area contributed by atoms with Crippen molar-refractivity contribution in [3.8, 4) is 5.75 Å². The summed E-state index contributed by atoms with van der Waals surface area (Å²) in [6, 6.07) is 5.14. The first-order valence-electron chi connectivity index (χ1n) is 4.06. The third kappa shape index (κ3) is 1.52. The summed E-state index contributed by atoms with van der Waals surface area (Å²) in [6.45, 7) is 0. The lowest BCUT2D eigenvalue weighted by Gasteiger charge is -1.98. The molecule has 1 aromatic carbocycles. The zero-order valence-electron chi connectivity index (χ0n) is 7.60. The van der Waals surface area contributed by atoms with Crippen LogP contribution < -0.4 is 10.5 Å². The number of aryl methyl sites for hydroxylation is 1. The molecule has 1 aromatic heterocycles. The van der Waals surface area contributed by atoms with E-state index >= 15 is 0 Å². The highest BCUT2D eigenvalue weighted by Crippen LogP contribution is 2.19. The lowest BCUT2D eigenvalue weighted by molar-refractivity contribution is 0.211. The molecule has 2 aromatic rings. The second-order valence-corrected chi connectivity index (χ2v) is 2.94. The Morgan fingerprint density at radius 2 is 2.36 bits per heavy atom. The van der Waals surface area contributed by atoms with Gasteiger partial charge in [-0.25, -0.2) is 4.79 Å². The fraction of sp³-hybridized carbons (Fsp3) is 0.111. The van der Waals surface area contributed by atoms with E-state index in [0.29, 0.717) is 5.75 Å². The van der Waals surface area contributed by atoms with Gasteiger partial charge in [-0.15, -0.1) is 0 Å². The van der Waals surface area contributed by atoms with E-state index in [9.17, 15) is 4.79 Å². The van der Waals surface area contributed by atoms with E-state index in [1.807, 2.05) is 13.2 Å². The number of hydrogen-bond donors (Lipinski definition) is 1. The summed E-state index contributed by atoms with van der Waals surface area (Å²) in [6.07, 6.45) is 1.02. The van der Waals surface area contributed by atoms with Crippen molar-refractivity contribution in [3.63, 3.8) is 0 Å². The van der Waals surface area contributed by atoms with Crippen molar-refractivity contribution < 1.29 is 9.53 Å². The molecular weight excluding hydrogens is 182 g/mol.